The van der Waals surface area contributed by atoms with E-state index in [0.717, 1.165) is 44.1 Å². The molecule has 1 aliphatic heterocycles. The molecule has 20 heavy (non-hydrogen) atoms. The van der Waals surface area contributed by atoms with E-state index in [-0.39, 0.29) is 0 Å². The Labute approximate surface area is 119 Å². The van der Waals surface area contributed by atoms with Gasteiger partial charge in [0.15, 0.2) is 5.82 Å². The first-order valence-electron chi connectivity index (χ1n) is 7.22. The quantitative estimate of drug-likeness (QED) is 0.922. The fourth-order valence-corrected chi connectivity index (χ4v) is 2.56. The summed E-state index contributed by atoms with van der Waals surface area (Å²) in [4.78, 5) is 2.30. The van der Waals surface area contributed by atoms with Crippen LogP contribution in [0.5, 0.6) is 0 Å². The van der Waals surface area contributed by atoms with Crippen LogP contribution in [-0.2, 0) is 19.5 Å². The second kappa shape index (κ2) is 6.01. The normalized spacial score (nSPS) is 14.2. The van der Waals surface area contributed by atoms with Crippen LogP contribution < -0.4 is 10.2 Å². The van der Waals surface area contributed by atoms with Gasteiger partial charge in [0, 0.05) is 19.6 Å². The maximum atomic E-state index is 4.36. The van der Waals surface area contributed by atoms with Gasteiger partial charge >= 0.3 is 0 Å². The number of fused-ring (bicyclic) bond motifs is 1. The van der Waals surface area contributed by atoms with Crippen molar-refractivity contribution in [3.8, 4) is 0 Å². The van der Waals surface area contributed by atoms with E-state index in [4.69, 9.17) is 0 Å². The summed E-state index contributed by atoms with van der Waals surface area (Å²) in [7, 11) is 0. The van der Waals surface area contributed by atoms with Crippen LogP contribution in [0.2, 0.25) is 0 Å². The molecule has 3 rings (SSSR count). The summed E-state index contributed by atoms with van der Waals surface area (Å²) in [5, 5.41) is 11.9. The SMILES string of the molecule is CCNCc1ccc(N2CCc3ccccc3C2)nn1. The van der Waals surface area contributed by atoms with Crippen LogP contribution in [-0.4, -0.2) is 23.3 Å². The highest BCUT2D eigenvalue weighted by atomic mass is 15.3. The Balaban J connectivity index is 1.71. The molecule has 1 aliphatic rings. The van der Waals surface area contributed by atoms with Gasteiger partial charge < -0.3 is 10.2 Å². The number of hydrogen-bond donors (Lipinski definition) is 1. The third kappa shape index (κ3) is 2.80. The predicted molar refractivity (Wildman–Crippen MR) is 80.6 cm³/mol. The molecule has 104 valence electrons. The predicted octanol–water partition coefficient (Wildman–Crippen LogP) is 2.15. The lowest BCUT2D eigenvalue weighted by Gasteiger charge is -2.29. The Morgan fingerprint density at radius 1 is 1.10 bits per heavy atom. The van der Waals surface area contributed by atoms with Gasteiger partial charge in [0.05, 0.1) is 5.69 Å². The monoisotopic (exact) mass is 268 g/mol. The Morgan fingerprint density at radius 2 is 1.95 bits per heavy atom. The van der Waals surface area contributed by atoms with Gasteiger partial charge in [-0.25, -0.2) is 0 Å². The van der Waals surface area contributed by atoms with E-state index in [0.29, 0.717) is 0 Å². The number of anilines is 1. The third-order valence-corrected chi connectivity index (χ3v) is 3.72. The molecule has 1 N–H and O–H groups in total. The van der Waals surface area contributed by atoms with Gasteiger partial charge in [-0.15, -0.1) is 5.10 Å². The van der Waals surface area contributed by atoms with Crippen LogP contribution in [0.25, 0.3) is 0 Å². The van der Waals surface area contributed by atoms with Crippen molar-refractivity contribution >= 4 is 5.82 Å². The molecular weight excluding hydrogens is 248 g/mol. The molecule has 1 aromatic carbocycles. The zero-order valence-corrected chi connectivity index (χ0v) is 11.8. The molecule has 0 saturated carbocycles. The number of rotatable bonds is 4. The van der Waals surface area contributed by atoms with Crippen molar-refractivity contribution in [3.05, 3.63) is 53.2 Å². The van der Waals surface area contributed by atoms with E-state index < -0.39 is 0 Å². The smallest absolute Gasteiger partial charge is 0.151 e. The van der Waals surface area contributed by atoms with Crippen LogP contribution in [0.3, 0.4) is 0 Å². The van der Waals surface area contributed by atoms with E-state index in [9.17, 15) is 0 Å². The average Bonchev–Trinajstić information content (AvgIpc) is 2.53. The molecule has 0 saturated heterocycles. The van der Waals surface area contributed by atoms with Gasteiger partial charge in [-0.3, -0.25) is 0 Å². The summed E-state index contributed by atoms with van der Waals surface area (Å²) < 4.78 is 0. The average molecular weight is 268 g/mol. The Hall–Kier alpha value is -1.94. The topological polar surface area (TPSA) is 41.0 Å². The number of nitrogens with one attached hydrogen (secondary N) is 1. The maximum absolute atomic E-state index is 4.36. The van der Waals surface area contributed by atoms with Gasteiger partial charge in [0.1, 0.15) is 0 Å². The standard InChI is InChI=1S/C16H20N4/c1-2-17-11-15-7-8-16(19-18-15)20-10-9-13-5-3-4-6-14(13)12-20/h3-8,17H,2,9-12H2,1H3. The van der Waals surface area contributed by atoms with Crippen molar-refractivity contribution in [1.29, 1.82) is 0 Å². The van der Waals surface area contributed by atoms with Gasteiger partial charge in [-0.2, -0.15) is 5.10 Å². The van der Waals surface area contributed by atoms with Gasteiger partial charge in [-0.05, 0) is 36.2 Å². The van der Waals surface area contributed by atoms with Crippen LogP contribution in [0.4, 0.5) is 5.82 Å². The molecule has 0 radical (unpaired) electrons. The molecule has 0 fully saturated rings. The molecule has 0 amide bonds. The summed E-state index contributed by atoms with van der Waals surface area (Å²) in [5.41, 5.74) is 3.85. The van der Waals surface area contributed by atoms with E-state index in [1.807, 2.05) is 0 Å². The van der Waals surface area contributed by atoms with E-state index in [1.54, 1.807) is 0 Å². The first kappa shape index (κ1) is 13.1. The van der Waals surface area contributed by atoms with Crippen molar-refractivity contribution < 1.29 is 0 Å². The molecule has 0 aliphatic carbocycles. The summed E-state index contributed by atoms with van der Waals surface area (Å²) in [6, 6.07) is 12.8. The largest absolute Gasteiger partial charge is 0.350 e. The number of hydrogen-bond acceptors (Lipinski definition) is 4. The van der Waals surface area contributed by atoms with Crippen molar-refractivity contribution in [2.24, 2.45) is 0 Å². The number of nitrogens with zero attached hydrogens (tertiary/aromatic N) is 3. The second-order valence-electron chi connectivity index (χ2n) is 5.10. The van der Waals surface area contributed by atoms with Crippen molar-refractivity contribution in [2.75, 3.05) is 18.0 Å². The lowest BCUT2D eigenvalue weighted by Crippen LogP contribution is -2.31. The first-order valence-corrected chi connectivity index (χ1v) is 7.22. The molecule has 0 bridgehead atoms. The van der Waals surface area contributed by atoms with Gasteiger partial charge in [-0.1, -0.05) is 31.2 Å². The zero-order chi connectivity index (χ0) is 13.8. The maximum Gasteiger partial charge on any atom is 0.151 e. The first-order chi connectivity index (χ1) is 9.86. The fourth-order valence-electron chi connectivity index (χ4n) is 2.56. The molecule has 0 unspecified atom stereocenters. The minimum atomic E-state index is 0.784. The van der Waals surface area contributed by atoms with Gasteiger partial charge in [0.2, 0.25) is 0 Å². The van der Waals surface area contributed by atoms with Crippen molar-refractivity contribution in [2.45, 2.75) is 26.4 Å². The molecule has 4 nitrogen and oxygen atoms in total. The van der Waals surface area contributed by atoms with Crippen LogP contribution in [0, 0.1) is 0 Å². The van der Waals surface area contributed by atoms with Crippen molar-refractivity contribution in [1.82, 2.24) is 15.5 Å². The summed E-state index contributed by atoms with van der Waals surface area (Å²) in [6.07, 6.45) is 1.08. The fraction of sp³-hybridized carbons (Fsp3) is 0.375. The highest BCUT2D eigenvalue weighted by molar-refractivity contribution is 5.43. The highest BCUT2D eigenvalue weighted by Gasteiger charge is 2.17. The lowest BCUT2D eigenvalue weighted by atomic mass is 10.00. The Bertz CT molecular complexity index is 565. The number of aromatic nitrogens is 2. The molecule has 1 aromatic heterocycles. The summed E-state index contributed by atoms with van der Waals surface area (Å²) in [6.45, 7) is 5.77. The van der Waals surface area contributed by atoms with Crippen LogP contribution in [0.1, 0.15) is 23.7 Å². The minimum absolute atomic E-state index is 0.784. The zero-order valence-electron chi connectivity index (χ0n) is 11.8. The highest BCUT2D eigenvalue weighted by Crippen LogP contribution is 2.22. The van der Waals surface area contributed by atoms with Crippen LogP contribution in [0.15, 0.2) is 36.4 Å². The van der Waals surface area contributed by atoms with Crippen molar-refractivity contribution in [3.63, 3.8) is 0 Å². The molecule has 2 aromatic rings. The Morgan fingerprint density at radius 3 is 2.70 bits per heavy atom. The third-order valence-electron chi connectivity index (χ3n) is 3.72. The molecule has 2 heterocycles. The molecular formula is C16H20N4. The summed E-state index contributed by atoms with van der Waals surface area (Å²) >= 11 is 0. The molecule has 4 heteroatoms. The van der Waals surface area contributed by atoms with E-state index in [1.165, 1.54) is 11.1 Å². The Kier molecular flexibility index (Phi) is 3.92. The summed E-state index contributed by atoms with van der Waals surface area (Å²) in [5.74, 6) is 0.972. The van der Waals surface area contributed by atoms with E-state index >= 15 is 0 Å². The minimum Gasteiger partial charge on any atom is -0.350 e. The van der Waals surface area contributed by atoms with E-state index in [2.05, 4.69) is 63.7 Å². The lowest BCUT2D eigenvalue weighted by molar-refractivity contribution is 0.683. The van der Waals surface area contributed by atoms with Crippen LogP contribution >= 0.6 is 0 Å². The molecule has 0 spiro atoms. The molecule has 0 atom stereocenters. The number of benzene rings is 1. The van der Waals surface area contributed by atoms with Gasteiger partial charge in [0.25, 0.3) is 0 Å². The second-order valence-corrected chi connectivity index (χ2v) is 5.10.